The summed E-state index contributed by atoms with van der Waals surface area (Å²) in [6.07, 6.45) is 2.25. The lowest BCUT2D eigenvalue weighted by molar-refractivity contribution is 0.589. The van der Waals surface area contributed by atoms with Crippen molar-refractivity contribution in [2.24, 2.45) is 0 Å². The molecule has 0 unspecified atom stereocenters. The smallest absolute Gasteiger partial charge is 0.0472 e. The fourth-order valence-corrected chi connectivity index (χ4v) is 2.40. The second-order valence-electron chi connectivity index (χ2n) is 6.60. The molecule has 0 radical (unpaired) electrons. The van der Waals surface area contributed by atoms with Crippen LogP contribution in [0.1, 0.15) is 48.7 Å². The molecule has 0 amide bonds. The lowest BCUT2D eigenvalue weighted by Gasteiger charge is -2.19. The summed E-state index contributed by atoms with van der Waals surface area (Å²) in [5.41, 5.74) is 7.15. The summed E-state index contributed by atoms with van der Waals surface area (Å²) in [4.78, 5) is 0. The molecule has 0 atom stereocenters. The highest BCUT2D eigenvalue weighted by atomic mass is 15.0. The molecule has 2 rings (SSSR count). The molecule has 0 aliphatic rings. The van der Waals surface area contributed by atoms with Crippen LogP contribution in [0.15, 0.2) is 30.5 Å². The molecule has 1 nitrogen and oxygen atoms in total. The van der Waals surface area contributed by atoms with E-state index in [2.05, 4.69) is 76.6 Å². The molecule has 0 fully saturated rings. The van der Waals surface area contributed by atoms with Gasteiger partial charge in [-0.1, -0.05) is 45.0 Å². The molecule has 1 heterocycles. The Balaban J connectivity index is 2.22. The van der Waals surface area contributed by atoms with Crippen molar-refractivity contribution in [1.29, 1.82) is 0 Å². The Hall–Kier alpha value is -1.50. The van der Waals surface area contributed by atoms with Gasteiger partial charge in [-0.3, -0.25) is 0 Å². The zero-order chi connectivity index (χ0) is 14.2. The molecule has 0 spiro atoms. The third-order valence-corrected chi connectivity index (χ3v) is 4.09. The van der Waals surface area contributed by atoms with Crippen LogP contribution in [0.3, 0.4) is 0 Å². The first-order chi connectivity index (χ1) is 8.79. The zero-order valence-electron chi connectivity index (χ0n) is 13.0. The maximum atomic E-state index is 2.34. The minimum Gasteiger partial charge on any atom is -0.347 e. The summed E-state index contributed by atoms with van der Waals surface area (Å²) in [7, 11) is 0. The second-order valence-corrected chi connectivity index (χ2v) is 6.60. The van der Waals surface area contributed by atoms with Gasteiger partial charge in [-0.05, 0) is 48.4 Å². The first-order valence-electron chi connectivity index (χ1n) is 7.01. The van der Waals surface area contributed by atoms with E-state index in [1.54, 1.807) is 0 Å². The molecule has 1 aromatic heterocycles. The van der Waals surface area contributed by atoms with Crippen LogP contribution in [0.4, 0.5) is 0 Å². The van der Waals surface area contributed by atoms with E-state index < -0.39 is 0 Å². The average molecular weight is 255 g/mol. The van der Waals surface area contributed by atoms with Crippen LogP contribution in [0.25, 0.3) is 0 Å². The van der Waals surface area contributed by atoms with Crippen molar-refractivity contribution in [3.8, 4) is 0 Å². The molecule has 0 saturated carbocycles. The van der Waals surface area contributed by atoms with Crippen LogP contribution in [0, 0.1) is 20.8 Å². The molecule has 2 aromatic rings. The molecule has 0 aliphatic carbocycles. The van der Waals surface area contributed by atoms with Crippen molar-refractivity contribution in [2.75, 3.05) is 0 Å². The van der Waals surface area contributed by atoms with Crippen molar-refractivity contribution in [1.82, 2.24) is 4.57 Å². The van der Waals surface area contributed by atoms with Gasteiger partial charge < -0.3 is 4.57 Å². The maximum absolute atomic E-state index is 2.34. The largest absolute Gasteiger partial charge is 0.347 e. The van der Waals surface area contributed by atoms with Gasteiger partial charge in [-0.2, -0.15) is 0 Å². The first kappa shape index (κ1) is 13.9. The molecule has 102 valence electrons. The van der Waals surface area contributed by atoms with Crippen molar-refractivity contribution in [3.63, 3.8) is 0 Å². The highest BCUT2D eigenvalue weighted by Gasteiger charge is 2.13. The molecule has 0 N–H and O–H groups in total. The topological polar surface area (TPSA) is 4.93 Å². The number of benzene rings is 1. The zero-order valence-corrected chi connectivity index (χ0v) is 13.0. The Labute approximate surface area is 117 Å². The summed E-state index contributed by atoms with van der Waals surface area (Å²) < 4.78 is 2.34. The quantitative estimate of drug-likeness (QED) is 0.729. The number of hydrogen-bond donors (Lipinski definition) is 0. The molecule has 0 bridgehead atoms. The van der Waals surface area contributed by atoms with Gasteiger partial charge in [0.15, 0.2) is 0 Å². The van der Waals surface area contributed by atoms with Crippen LogP contribution < -0.4 is 0 Å². The van der Waals surface area contributed by atoms with E-state index in [0.717, 1.165) is 6.54 Å². The summed E-state index contributed by atoms with van der Waals surface area (Å²) in [6, 6.07) is 9.02. The standard InChI is InChI=1S/C18H25N/c1-13-11-19(15(3)14(13)2)12-16-7-9-17(10-8-16)18(4,5)6/h7-11H,12H2,1-6H3. The van der Waals surface area contributed by atoms with Crippen LogP contribution in [-0.4, -0.2) is 4.57 Å². The number of hydrogen-bond acceptors (Lipinski definition) is 0. The Morgan fingerprint density at radius 2 is 1.53 bits per heavy atom. The molecule has 0 saturated heterocycles. The molecular weight excluding hydrogens is 230 g/mol. The fourth-order valence-electron chi connectivity index (χ4n) is 2.40. The predicted molar refractivity (Wildman–Crippen MR) is 82.9 cm³/mol. The van der Waals surface area contributed by atoms with Crippen molar-refractivity contribution < 1.29 is 0 Å². The van der Waals surface area contributed by atoms with Crippen molar-refractivity contribution >= 4 is 0 Å². The molecule has 19 heavy (non-hydrogen) atoms. The average Bonchev–Trinajstić information content (AvgIpc) is 2.57. The van der Waals surface area contributed by atoms with Gasteiger partial charge in [-0.25, -0.2) is 0 Å². The third-order valence-electron chi connectivity index (χ3n) is 4.09. The molecule has 1 heteroatoms. The number of nitrogens with zero attached hydrogens (tertiary/aromatic N) is 1. The van der Waals surface area contributed by atoms with Gasteiger partial charge in [0.05, 0.1) is 0 Å². The van der Waals surface area contributed by atoms with E-state index in [4.69, 9.17) is 0 Å². The number of aryl methyl sites for hydroxylation is 1. The summed E-state index contributed by atoms with van der Waals surface area (Å²) in [5, 5.41) is 0. The Morgan fingerprint density at radius 3 is 1.95 bits per heavy atom. The lowest BCUT2D eigenvalue weighted by Crippen LogP contribution is -2.11. The van der Waals surface area contributed by atoms with E-state index >= 15 is 0 Å². The number of rotatable bonds is 2. The molecule has 1 aromatic carbocycles. The minimum atomic E-state index is 0.231. The monoisotopic (exact) mass is 255 g/mol. The second kappa shape index (κ2) is 4.88. The Kier molecular flexibility index (Phi) is 3.58. The van der Waals surface area contributed by atoms with Gasteiger partial charge in [0.2, 0.25) is 0 Å². The predicted octanol–water partition coefficient (Wildman–Crippen LogP) is 4.76. The first-order valence-corrected chi connectivity index (χ1v) is 7.01. The van der Waals surface area contributed by atoms with Crippen molar-refractivity contribution in [2.45, 2.75) is 53.5 Å². The highest BCUT2D eigenvalue weighted by molar-refractivity contribution is 5.31. The number of aromatic nitrogens is 1. The summed E-state index contributed by atoms with van der Waals surface area (Å²) in [5.74, 6) is 0. The maximum Gasteiger partial charge on any atom is 0.0472 e. The Morgan fingerprint density at radius 1 is 0.947 bits per heavy atom. The lowest BCUT2D eigenvalue weighted by atomic mass is 9.87. The molecule has 0 aliphatic heterocycles. The van der Waals surface area contributed by atoms with E-state index in [1.807, 2.05) is 0 Å². The van der Waals surface area contributed by atoms with Gasteiger partial charge in [-0.15, -0.1) is 0 Å². The highest BCUT2D eigenvalue weighted by Crippen LogP contribution is 2.23. The van der Waals surface area contributed by atoms with E-state index in [1.165, 1.54) is 27.9 Å². The van der Waals surface area contributed by atoms with Crippen LogP contribution >= 0.6 is 0 Å². The van der Waals surface area contributed by atoms with E-state index in [9.17, 15) is 0 Å². The van der Waals surface area contributed by atoms with Crippen LogP contribution in [0.2, 0.25) is 0 Å². The minimum absolute atomic E-state index is 0.231. The fraction of sp³-hybridized carbons (Fsp3) is 0.444. The van der Waals surface area contributed by atoms with Crippen LogP contribution in [0.5, 0.6) is 0 Å². The van der Waals surface area contributed by atoms with E-state index in [0.29, 0.717) is 0 Å². The van der Waals surface area contributed by atoms with Gasteiger partial charge in [0.25, 0.3) is 0 Å². The van der Waals surface area contributed by atoms with Crippen molar-refractivity contribution in [3.05, 3.63) is 58.4 Å². The van der Waals surface area contributed by atoms with Crippen LogP contribution in [-0.2, 0) is 12.0 Å². The Bertz CT molecular complexity index is 565. The SMILES string of the molecule is Cc1cn(Cc2ccc(C(C)(C)C)cc2)c(C)c1C. The van der Waals surface area contributed by atoms with Gasteiger partial charge >= 0.3 is 0 Å². The third kappa shape index (κ3) is 2.91. The molecular formula is C18H25N. The normalized spacial score (nSPS) is 11.9. The van der Waals surface area contributed by atoms with Gasteiger partial charge in [0, 0.05) is 18.4 Å². The van der Waals surface area contributed by atoms with E-state index in [-0.39, 0.29) is 5.41 Å². The van der Waals surface area contributed by atoms with Gasteiger partial charge in [0.1, 0.15) is 0 Å². The summed E-state index contributed by atoms with van der Waals surface area (Å²) in [6.45, 7) is 14.3. The summed E-state index contributed by atoms with van der Waals surface area (Å²) >= 11 is 0.